The van der Waals surface area contributed by atoms with Gasteiger partial charge in [0.25, 0.3) is 0 Å². The lowest BCUT2D eigenvalue weighted by Gasteiger charge is -2.33. The van der Waals surface area contributed by atoms with Crippen molar-refractivity contribution in [2.45, 2.75) is 45.6 Å². The number of nitrogens with one attached hydrogen (secondary N) is 1. The lowest BCUT2D eigenvalue weighted by Crippen LogP contribution is -2.50. The average molecular weight is 403 g/mol. The minimum absolute atomic E-state index is 0.0901. The van der Waals surface area contributed by atoms with Crippen molar-refractivity contribution in [3.05, 3.63) is 28.2 Å². The first-order valence-corrected chi connectivity index (χ1v) is 10.3. The van der Waals surface area contributed by atoms with E-state index in [2.05, 4.69) is 21.2 Å². The van der Waals surface area contributed by atoms with Crippen LogP contribution in [0.25, 0.3) is 0 Å². The van der Waals surface area contributed by atoms with Gasteiger partial charge in [0.2, 0.25) is 15.9 Å². The van der Waals surface area contributed by atoms with Crippen LogP contribution in [0.1, 0.15) is 38.2 Å². The van der Waals surface area contributed by atoms with Crippen molar-refractivity contribution < 1.29 is 13.2 Å². The van der Waals surface area contributed by atoms with E-state index in [0.29, 0.717) is 25.1 Å². The molecule has 1 saturated heterocycles. The van der Waals surface area contributed by atoms with Gasteiger partial charge in [0.05, 0.1) is 5.75 Å². The number of aryl methyl sites for hydroxylation is 1. The van der Waals surface area contributed by atoms with E-state index < -0.39 is 16.1 Å². The molecule has 1 amide bonds. The number of carbonyl (C=O) groups is 1. The van der Waals surface area contributed by atoms with Gasteiger partial charge in [-0.15, -0.1) is 0 Å². The Labute approximate surface area is 146 Å². The molecule has 128 valence electrons. The Hall–Kier alpha value is -0.920. The fourth-order valence-electron chi connectivity index (χ4n) is 2.77. The molecule has 2 rings (SSSR count). The topological polar surface area (TPSA) is 66.5 Å². The van der Waals surface area contributed by atoms with Gasteiger partial charge in [0.1, 0.15) is 6.04 Å². The number of nitrogens with zero attached hydrogens (tertiary/aromatic N) is 1. The molecule has 0 bridgehead atoms. The predicted octanol–water partition coefficient (Wildman–Crippen LogP) is 3.29. The van der Waals surface area contributed by atoms with Crippen LogP contribution in [0.5, 0.6) is 0 Å². The highest BCUT2D eigenvalue weighted by atomic mass is 79.9. The molecule has 5 nitrogen and oxygen atoms in total. The molecule has 7 heteroatoms. The van der Waals surface area contributed by atoms with Gasteiger partial charge in [-0.25, -0.2) is 8.42 Å². The zero-order chi connectivity index (χ0) is 17.0. The molecule has 1 aromatic rings. The summed E-state index contributed by atoms with van der Waals surface area (Å²) in [5.74, 6) is -0.160. The predicted molar refractivity (Wildman–Crippen MR) is 95.9 cm³/mol. The molecule has 1 unspecified atom stereocenters. The maximum Gasteiger partial charge on any atom is 0.242 e. The summed E-state index contributed by atoms with van der Waals surface area (Å²) in [6, 6.07) is 4.96. The molecule has 0 aromatic heterocycles. The number of rotatable bonds is 5. The lowest BCUT2D eigenvalue weighted by molar-refractivity contribution is -0.120. The summed E-state index contributed by atoms with van der Waals surface area (Å²) in [6.45, 7) is 4.23. The quantitative estimate of drug-likeness (QED) is 0.821. The number of halogens is 1. The van der Waals surface area contributed by atoms with Crippen molar-refractivity contribution in [1.29, 1.82) is 0 Å². The van der Waals surface area contributed by atoms with Gasteiger partial charge in [0.15, 0.2) is 0 Å². The van der Waals surface area contributed by atoms with Crippen LogP contribution in [0.2, 0.25) is 0 Å². The van der Waals surface area contributed by atoms with E-state index >= 15 is 0 Å². The third-order valence-corrected chi connectivity index (χ3v) is 6.95. The van der Waals surface area contributed by atoms with Crippen LogP contribution in [0.3, 0.4) is 0 Å². The molecule has 0 aliphatic carbocycles. The maximum atomic E-state index is 12.6. The SMILES string of the molecule is CCCS(=O)(=O)N1CCCCC1C(=O)Nc1ccc(C)c(Br)c1. The summed E-state index contributed by atoms with van der Waals surface area (Å²) in [4.78, 5) is 12.6. The smallest absolute Gasteiger partial charge is 0.242 e. The molecule has 1 aromatic carbocycles. The van der Waals surface area contributed by atoms with Crippen molar-refractivity contribution in [2.75, 3.05) is 17.6 Å². The van der Waals surface area contributed by atoms with Crippen molar-refractivity contribution in [2.24, 2.45) is 0 Å². The molecule has 1 aliphatic heterocycles. The van der Waals surface area contributed by atoms with Crippen molar-refractivity contribution >= 4 is 37.5 Å². The zero-order valence-corrected chi connectivity index (χ0v) is 15.9. The molecule has 0 radical (unpaired) electrons. The first kappa shape index (κ1) is 18.4. The Balaban J connectivity index is 2.16. The first-order chi connectivity index (χ1) is 10.8. The number of hydrogen-bond donors (Lipinski definition) is 1. The third-order valence-electron chi connectivity index (χ3n) is 4.02. The van der Waals surface area contributed by atoms with Gasteiger partial charge in [-0.2, -0.15) is 4.31 Å². The summed E-state index contributed by atoms with van der Waals surface area (Å²) in [5, 5.41) is 2.85. The minimum Gasteiger partial charge on any atom is -0.325 e. The van der Waals surface area contributed by atoms with Crippen LogP contribution in [0, 0.1) is 6.92 Å². The molecular formula is C16H23BrN2O3S. The van der Waals surface area contributed by atoms with E-state index in [4.69, 9.17) is 0 Å². The Bertz CT molecular complexity index is 676. The molecule has 1 fully saturated rings. The minimum atomic E-state index is -3.37. The highest BCUT2D eigenvalue weighted by molar-refractivity contribution is 9.10. The zero-order valence-electron chi connectivity index (χ0n) is 13.5. The number of benzene rings is 1. The van der Waals surface area contributed by atoms with E-state index in [1.165, 1.54) is 4.31 Å². The number of hydrogen-bond acceptors (Lipinski definition) is 3. The first-order valence-electron chi connectivity index (χ1n) is 7.91. The van der Waals surface area contributed by atoms with Crippen LogP contribution in [0.4, 0.5) is 5.69 Å². The van der Waals surface area contributed by atoms with Crippen molar-refractivity contribution in [3.8, 4) is 0 Å². The van der Waals surface area contributed by atoms with Crippen LogP contribution in [-0.4, -0.2) is 37.0 Å². The Morgan fingerprint density at radius 1 is 1.39 bits per heavy atom. The molecule has 1 heterocycles. The molecule has 1 atom stereocenters. The van der Waals surface area contributed by atoms with E-state index in [-0.39, 0.29) is 11.7 Å². The maximum absolute atomic E-state index is 12.6. The van der Waals surface area contributed by atoms with Crippen LogP contribution >= 0.6 is 15.9 Å². The fraction of sp³-hybridized carbons (Fsp3) is 0.562. The number of sulfonamides is 1. The normalized spacial score (nSPS) is 19.5. The molecule has 0 saturated carbocycles. The Morgan fingerprint density at radius 2 is 2.13 bits per heavy atom. The second-order valence-electron chi connectivity index (χ2n) is 5.89. The molecule has 1 aliphatic rings. The van der Waals surface area contributed by atoms with E-state index in [0.717, 1.165) is 22.9 Å². The number of carbonyl (C=O) groups excluding carboxylic acids is 1. The van der Waals surface area contributed by atoms with Gasteiger partial charge >= 0.3 is 0 Å². The Morgan fingerprint density at radius 3 is 2.78 bits per heavy atom. The number of piperidine rings is 1. The third kappa shape index (κ3) is 4.55. The largest absolute Gasteiger partial charge is 0.325 e. The summed E-state index contributed by atoms with van der Waals surface area (Å²) in [5.41, 5.74) is 1.75. The van der Waals surface area contributed by atoms with Gasteiger partial charge < -0.3 is 5.32 Å². The monoisotopic (exact) mass is 402 g/mol. The second-order valence-corrected chi connectivity index (χ2v) is 8.79. The standard InChI is InChI=1S/C16H23BrN2O3S/c1-3-10-23(21,22)19-9-5-4-6-15(19)16(20)18-13-8-7-12(2)14(17)11-13/h7-8,11,15H,3-6,9-10H2,1-2H3,(H,18,20). The second kappa shape index (κ2) is 7.77. The summed E-state index contributed by atoms with van der Waals surface area (Å²) in [6.07, 6.45) is 2.80. The highest BCUT2D eigenvalue weighted by Gasteiger charge is 2.36. The van der Waals surface area contributed by atoms with E-state index in [9.17, 15) is 13.2 Å². The molecule has 0 spiro atoms. The van der Waals surface area contributed by atoms with Crippen LogP contribution in [-0.2, 0) is 14.8 Å². The molecule has 1 N–H and O–H groups in total. The molecular weight excluding hydrogens is 380 g/mol. The summed E-state index contributed by atoms with van der Waals surface area (Å²) < 4.78 is 27.1. The Kier molecular flexibility index (Phi) is 6.22. The van der Waals surface area contributed by atoms with Crippen molar-refractivity contribution in [3.63, 3.8) is 0 Å². The summed E-state index contributed by atoms with van der Waals surface area (Å²) >= 11 is 3.44. The highest BCUT2D eigenvalue weighted by Crippen LogP contribution is 2.24. The fourth-order valence-corrected chi connectivity index (χ4v) is 4.90. The average Bonchev–Trinajstić information content (AvgIpc) is 2.51. The van der Waals surface area contributed by atoms with Crippen molar-refractivity contribution in [1.82, 2.24) is 4.31 Å². The number of amides is 1. The van der Waals surface area contributed by atoms with Gasteiger partial charge in [-0.05, 0) is 43.9 Å². The summed E-state index contributed by atoms with van der Waals surface area (Å²) in [7, 11) is -3.37. The van der Waals surface area contributed by atoms with Crippen LogP contribution in [0.15, 0.2) is 22.7 Å². The van der Waals surface area contributed by atoms with Gasteiger partial charge in [-0.3, -0.25) is 4.79 Å². The van der Waals surface area contributed by atoms with E-state index in [1.54, 1.807) is 0 Å². The van der Waals surface area contributed by atoms with Gasteiger partial charge in [-0.1, -0.05) is 35.3 Å². The van der Waals surface area contributed by atoms with Gasteiger partial charge in [0, 0.05) is 16.7 Å². The molecule has 23 heavy (non-hydrogen) atoms. The lowest BCUT2D eigenvalue weighted by atomic mass is 10.0. The van der Waals surface area contributed by atoms with Crippen LogP contribution < -0.4 is 5.32 Å². The number of anilines is 1. The van der Waals surface area contributed by atoms with E-state index in [1.807, 2.05) is 32.0 Å².